The average molecular weight is 534 g/mol. The van der Waals surface area contributed by atoms with Crippen molar-refractivity contribution in [3.63, 3.8) is 0 Å². The summed E-state index contributed by atoms with van der Waals surface area (Å²) in [6, 6.07) is 25.8. The maximum atomic E-state index is 13.9. The van der Waals surface area contributed by atoms with E-state index >= 15 is 0 Å². The van der Waals surface area contributed by atoms with E-state index in [4.69, 9.17) is 16.3 Å². The van der Waals surface area contributed by atoms with Gasteiger partial charge in [0.25, 0.3) is 0 Å². The number of amides is 1. The first kappa shape index (κ1) is 25.3. The molecule has 4 nitrogen and oxygen atoms in total. The van der Waals surface area contributed by atoms with E-state index in [1.54, 1.807) is 54.6 Å². The van der Waals surface area contributed by atoms with Crippen molar-refractivity contribution in [1.29, 1.82) is 0 Å². The van der Waals surface area contributed by atoms with Gasteiger partial charge in [0.05, 0.1) is 6.42 Å². The summed E-state index contributed by atoms with van der Waals surface area (Å²) in [6.07, 6.45) is 2.50. The number of carbonyl (C=O) groups is 1. The standard InChI is InChI=1S/C30H25ClFNO3S/c31-23-4-2-6-26(17-23)36-29-18-25(11-14-28(29)22-3-1-5-24(32)16-22)33-30(34)15-20-9-12-27(13-10-20)37(35)19-21-7-8-21/h1-6,9-14,16-18,21H,7-8,15,19H2,(H,33,34). The Labute approximate surface area is 223 Å². The minimum atomic E-state index is -0.991. The normalized spacial score (nSPS) is 13.7. The van der Waals surface area contributed by atoms with Crippen molar-refractivity contribution in [2.45, 2.75) is 24.2 Å². The molecular formula is C30H25ClFNO3S. The highest BCUT2D eigenvalue weighted by atomic mass is 35.5. The Morgan fingerprint density at radius 3 is 2.51 bits per heavy atom. The lowest BCUT2D eigenvalue weighted by molar-refractivity contribution is -0.115. The monoisotopic (exact) mass is 533 g/mol. The predicted octanol–water partition coefficient (Wildman–Crippen LogP) is 7.64. The summed E-state index contributed by atoms with van der Waals surface area (Å²) < 4.78 is 32.4. The molecule has 0 heterocycles. The number of hydrogen-bond acceptors (Lipinski definition) is 3. The van der Waals surface area contributed by atoms with Crippen LogP contribution in [0.25, 0.3) is 11.1 Å². The molecule has 1 fully saturated rings. The van der Waals surface area contributed by atoms with Gasteiger partial charge in [-0.3, -0.25) is 4.79 Å². The molecule has 1 atom stereocenters. The number of halogens is 2. The van der Waals surface area contributed by atoms with Gasteiger partial charge in [-0.1, -0.05) is 41.9 Å². The Bertz CT molecular complexity index is 1410. The zero-order valence-corrected chi connectivity index (χ0v) is 21.5. The van der Waals surface area contributed by atoms with Gasteiger partial charge in [-0.25, -0.2) is 4.39 Å². The molecule has 4 aromatic carbocycles. The van der Waals surface area contributed by atoms with Crippen molar-refractivity contribution in [2.75, 3.05) is 11.1 Å². The number of anilines is 1. The van der Waals surface area contributed by atoms with Crippen LogP contribution in [-0.4, -0.2) is 16.2 Å². The lowest BCUT2D eigenvalue weighted by Crippen LogP contribution is -2.14. The van der Waals surface area contributed by atoms with Crippen LogP contribution < -0.4 is 10.1 Å². The molecule has 0 bridgehead atoms. The molecule has 0 aromatic heterocycles. The molecule has 1 aliphatic rings. The summed E-state index contributed by atoms with van der Waals surface area (Å²) in [5.74, 6) is 1.72. The second-order valence-electron chi connectivity index (χ2n) is 9.11. The molecule has 5 rings (SSSR count). The zero-order chi connectivity index (χ0) is 25.8. The Morgan fingerprint density at radius 1 is 1.00 bits per heavy atom. The highest BCUT2D eigenvalue weighted by molar-refractivity contribution is 7.91. The van der Waals surface area contributed by atoms with Crippen molar-refractivity contribution in [3.05, 3.63) is 107 Å². The van der Waals surface area contributed by atoms with Gasteiger partial charge in [-0.05, 0) is 89.7 Å². The number of hydrogen-bond donors (Lipinski definition) is 1. The molecule has 37 heavy (non-hydrogen) atoms. The van der Waals surface area contributed by atoms with Gasteiger partial charge in [0.15, 0.2) is 4.90 Å². The molecule has 0 aliphatic heterocycles. The number of nitrogens with one attached hydrogen (secondary N) is 1. The molecule has 1 N–H and O–H groups in total. The van der Waals surface area contributed by atoms with E-state index in [2.05, 4.69) is 5.32 Å². The van der Waals surface area contributed by atoms with E-state index < -0.39 is 11.2 Å². The summed E-state index contributed by atoms with van der Waals surface area (Å²) in [5, 5.41) is 3.44. The number of carbonyl (C=O) groups excluding carboxylic acids is 1. The summed E-state index contributed by atoms with van der Waals surface area (Å²) in [7, 11) is 0. The molecule has 1 aliphatic carbocycles. The van der Waals surface area contributed by atoms with E-state index in [1.807, 2.05) is 24.3 Å². The fourth-order valence-electron chi connectivity index (χ4n) is 3.98. The highest BCUT2D eigenvalue weighted by Crippen LogP contribution is 2.37. The van der Waals surface area contributed by atoms with Gasteiger partial charge >= 0.3 is 0 Å². The summed E-state index contributed by atoms with van der Waals surface area (Å²) in [6.45, 7) is 0. The topological polar surface area (TPSA) is 61.4 Å². The fourth-order valence-corrected chi connectivity index (χ4v) is 5.55. The van der Waals surface area contributed by atoms with Crippen LogP contribution in [-0.2, 0) is 22.4 Å². The van der Waals surface area contributed by atoms with Gasteiger partial charge in [0, 0.05) is 28.3 Å². The molecule has 1 saturated carbocycles. The SMILES string of the molecule is O=C(Cc1ccc([S+]([O-])CC2CC2)cc1)Nc1ccc(-c2cccc(F)c2)c(Oc2cccc(Cl)c2)c1. The van der Waals surface area contributed by atoms with Gasteiger partial charge in [-0.2, -0.15) is 0 Å². The van der Waals surface area contributed by atoms with E-state index in [9.17, 15) is 13.7 Å². The van der Waals surface area contributed by atoms with Crippen LogP contribution in [0, 0.1) is 11.7 Å². The molecule has 7 heteroatoms. The van der Waals surface area contributed by atoms with Crippen molar-refractivity contribution in [1.82, 2.24) is 0 Å². The van der Waals surface area contributed by atoms with E-state index in [1.165, 1.54) is 25.0 Å². The van der Waals surface area contributed by atoms with E-state index in [0.717, 1.165) is 10.5 Å². The highest BCUT2D eigenvalue weighted by Gasteiger charge is 2.28. The predicted molar refractivity (Wildman–Crippen MR) is 146 cm³/mol. The second kappa shape index (κ2) is 11.4. The van der Waals surface area contributed by atoms with Crippen LogP contribution in [0.5, 0.6) is 11.5 Å². The summed E-state index contributed by atoms with van der Waals surface area (Å²) in [4.78, 5) is 13.6. The van der Waals surface area contributed by atoms with Crippen molar-refractivity contribution >= 4 is 34.4 Å². The average Bonchev–Trinajstić information content (AvgIpc) is 3.69. The maximum Gasteiger partial charge on any atom is 0.228 e. The second-order valence-corrected chi connectivity index (χ2v) is 11.0. The van der Waals surface area contributed by atoms with Crippen LogP contribution in [0.4, 0.5) is 10.1 Å². The van der Waals surface area contributed by atoms with Crippen molar-refractivity contribution in [3.8, 4) is 22.6 Å². The smallest absolute Gasteiger partial charge is 0.228 e. The fraction of sp³-hybridized carbons (Fsp3) is 0.167. The Morgan fingerprint density at radius 2 is 1.78 bits per heavy atom. The van der Waals surface area contributed by atoms with E-state index in [-0.39, 0.29) is 18.1 Å². The van der Waals surface area contributed by atoms with Gasteiger partial charge in [-0.15, -0.1) is 0 Å². The first-order valence-electron chi connectivity index (χ1n) is 12.0. The zero-order valence-electron chi connectivity index (χ0n) is 20.0. The van der Waals surface area contributed by atoms with Crippen molar-refractivity contribution < 1.29 is 18.5 Å². The molecule has 4 aromatic rings. The molecule has 0 radical (unpaired) electrons. The third kappa shape index (κ3) is 6.92. The molecular weight excluding hydrogens is 509 g/mol. The van der Waals surface area contributed by atoms with Gasteiger partial charge in [0.1, 0.15) is 23.1 Å². The van der Waals surface area contributed by atoms with Crippen LogP contribution in [0.2, 0.25) is 5.02 Å². The van der Waals surface area contributed by atoms with Gasteiger partial charge in [0.2, 0.25) is 5.91 Å². The summed E-state index contributed by atoms with van der Waals surface area (Å²) >= 11 is 5.12. The van der Waals surface area contributed by atoms with Crippen molar-refractivity contribution in [2.24, 2.45) is 5.92 Å². The Balaban J connectivity index is 1.32. The molecule has 0 spiro atoms. The van der Waals surface area contributed by atoms with Crippen LogP contribution >= 0.6 is 11.6 Å². The van der Waals surface area contributed by atoms with E-state index in [0.29, 0.717) is 45.0 Å². The summed E-state index contributed by atoms with van der Waals surface area (Å²) in [5.41, 5.74) is 2.70. The lowest BCUT2D eigenvalue weighted by atomic mass is 10.0. The number of ether oxygens (including phenoxy) is 1. The quantitative estimate of drug-likeness (QED) is 0.225. The molecule has 0 saturated heterocycles. The first-order valence-corrected chi connectivity index (χ1v) is 13.7. The van der Waals surface area contributed by atoms with Crippen LogP contribution in [0.3, 0.4) is 0 Å². The number of benzene rings is 4. The third-order valence-electron chi connectivity index (χ3n) is 6.06. The largest absolute Gasteiger partial charge is 0.611 e. The number of rotatable bonds is 9. The molecule has 188 valence electrons. The molecule has 1 amide bonds. The van der Waals surface area contributed by atoms with Crippen LogP contribution in [0.15, 0.2) is 95.9 Å². The molecule has 1 unspecified atom stereocenters. The third-order valence-corrected chi connectivity index (χ3v) is 7.87. The Hall–Kier alpha value is -3.32. The Kier molecular flexibility index (Phi) is 7.79. The minimum absolute atomic E-state index is 0.172. The van der Waals surface area contributed by atoms with Crippen LogP contribution in [0.1, 0.15) is 18.4 Å². The maximum absolute atomic E-state index is 13.9. The van der Waals surface area contributed by atoms with Gasteiger partial charge < -0.3 is 14.6 Å². The lowest BCUT2D eigenvalue weighted by Gasteiger charge is -2.15. The first-order chi connectivity index (χ1) is 17.9. The minimum Gasteiger partial charge on any atom is -0.611 e.